The number of hydrogen-bond acceptors (Lipinski definition) is 3. The van der Waals surface area contributed by atoms with Crippen LogP contribution in [0.3, 0.4) is 0 Å². The summed E-state index contributed by atoms with van der Waals surface area (Å²) >= 11 is 6.07. The van der Waals surface area contributed by atoms with Gasteiger partial charge in [0.05, 0.1) is 16.7 Å². The zero-order valence-electron chi connectivity index (χ0n) is 13.6. The number of benzene rings is 1. The van der Waals surface area contributed by atoms with Gasteiger partial charge in [0.25, 0.3) is 5.91 Å². The van der Waals surface area contributed by atoms with Crippen LogP contribution in [-0.4, -0.2) is 61.6 Å². The Morgan fingerprint density at radius 3 is 2.83 bits per heavy atom. The maximum Gasteiger partial charge on any atom is 0.321 e. The molecule has 1 aromatic carbocycles. The van der Waals surface area contributed by atoms with Crippen molar-refractivity contribution in [1.82, 2.24) is 9.80 Å². The average Bonchev–Trinajstić information content (AvgIpc) is 2.73. The molecule has 3 amide bonds. The Hall–Kier alpha value is -1.79. The van der Waals surface area contributed by atoms with Crippen molar-refractivity contribution in [1.29, 1.82) is 0 Å². The summed E-state index contributed by atoms with van der Waals surface area (Å²) in [4.78, 5) is 27.7. The predicted molar refractivity (Wildman–Crippen MR) is 90.1 cm³/mol. The maximum absolute atomic E-state index is 12.4. The summed E-state index contributed by atoms with van der Waals surface area (Å²) < 4.78 is 5.54. The Bertz CT molecular complexity index is 592. The fourth-order valence-corrected chi connectivity index (χ4v) is 2.59. The van der Waals surface area contributed by atoms with Gasteiger partial charge in [0.15, 0.2) is 0 Å². The first-order chi connectivity index (χ1) is 10.9. The summed E-state index contributed by atoms with van der Waals surface area (Å²) in [6.45, 7) is 3.80. The predicted octanol–water partition coefficient (Wildman–Crippen LogP) is 2.68. The first-order valence-corrected chi connectivity index (χ1v) is 7.95. The number of anilines is 1. The molecule has 1 atom stereocenters. The summed E-state index contributed by atoms with van der Waals surface area (Å²) in [7, 11) is 3.31. The Morgan fingerprint density at radius 2 is 2.13 bits per heavy atom. The largest absolute Gasteiger partial charge is 0.377 e. The van der Waals surface area contributed by atoms with E-state index in [1.54, 1.807) is 37.2 Å². The zero-order valence-corrected chi connectivity index (χ0v) is 14.4. The standard InChI is InChI=1S/C16H22ClN3O3/c1-11-10-20(7-4-8-23-11)16(22)18-12-5-6-14(17)13(9-12)15(21)19(2)3/h5-6,9,11H,4,7-8,10H2,1-3H3,(H,18,22). The quantitative estimate of drug-likeness (QED) is 0.901. The monoisotopic (exact) mass is 339 g/mol. The highest BCUT2D eigenvalue weighted by atomic mass is 35.5. The van der Waals surface area contributed by atoms with E-state index >= 15 is 0 Å². The van der Waals surface area contributed by atoms with E-state index < -0.39 is 0 Å². The molecule has 0 saturated carbocycles. The Balaban J connectivity index is 2.11. The van der Waals surface area contributed by atoms with Gasteiger partial charge in [-0.05, 0) is 31.5 Å². The molecule has 0 aromatic heterocycles. The van der Waals surface area contributed by atoms with Crippen LogP contribution in [0.5, 0.6) is 0 Å². The summed E-state index contributed by atoms with van der Waals surface area (Å²) in [5.41, 5.74) is 0.907. The summed E-state index contributed by atoms with van der Waals surface area (Å²) in [6.07, 6.45) is 0.822. The molecule has 2 rings (SSSR count). The molecule has 1 aliphatic rings. The van der Waals surface area contributed by atoms with Gasteiger partial charge in [-0.2, -0.15) is 0 Å². The number of urea groups is 1. The van der Waals surface area contributed by atoms with Crippen molar-refractivity contribution in [3.63, 3.8) is 0 Å². The molecule has 1 fully saturated rings. The van der Waals surface area contributed by atoms with Crippen molar-refractivity contribution in [3.8, 4) is 0 Å². The van der Waals surface area contributed by atoms with Crippen molar-refractivity contribution in [2.45, 2.75) is 19.4 Å². The van der Waals surface area contributed by atoms with Crippen molar-refractivity contribution < 1.29 is 14.3 Å². The number of halogens is 1. The van der Waals surface area contributed by atoms with Crippen LogP contribution in [0, 0.1) is 0 Å². The fourth-order valence-electron chi connectivity index (χ4n) is 2.39. The lowest BCUT2D eigenvalue weighted by atomic mass is 10.2. The van der Waals surface area contributed by atoms with Crippen molar-refractivity contribution >= 4 is 29.2 Å². The molecule has 1 saturated heterocycles. The van der Waals surface area contributed by atoms with E-state index in [4.69, 9.17) is 16.3 Å². The molecule has 1 unspecified atom stereocenters. The second-order valence-electron chi connectivity index (χ2n) is 5.81. The summed E-state index contributed by atoms with van der Waals surface area (Å²) in [5, 5.41) is 3.18. The smallest absolute Gasteiger partial charge is 0.321 e. The van der Waals surface area contributed by atoms with Crippen LogP contribution >= 0.6 is 11.6 Å². The lowest BCUT2D eigenvalue weighted by Crippen LogP contribution is -2.39. The number of hydrogen-bond donors (Lipinski definition) is 1. The number of carbonyl (C=O) groups is 2. The van der Waals surface area contributed by atoms with E-state index in [-0.39, 0.29) is 18.0 Å². The molecule has 0 bridgehead atoms. The lowest BCUT2D eigenvalue weighted by Gasteiger charge is -2.22. The number of rotatable bonds is 2. The molecular formula is C16H22ClN3O3. The highest BCUT2D eigenvalue weighted by Gasteiger charge is 2.20. The first kappa shape index (κ1) is 17.6. The minimum absolute atomic E-state index is 0.0133. The molecule has 126 valence electrons. The van der Waals surface area contributed by atoms with Crippen LogP contribution in [0.2, 0.25) is 5.02 Å². The van der Waals surface area contributed by atoms with Crippen LogP contribution in [0.15, 0.2) is 18.2 Å². The van der Waals surface area contributed by atoms with Gasteiger partial charge in [-0.3, -0.25) is 4.79 Å². The molecular weight excluding hydrogens is 318 g/mol. The van der Waals surface area contributed by atoms with E-state index in [0.717, 1.165) is 6.42 Å². The molecule has 0 radical (unpaired) electrons. The van der Waals surface area contributed by atoms with Crippen LogP contribution in [0.25, 0.3) is 0 Å². The Kier molecular flexibility index (Phi) is 5.85. The van der Waals surface area contributed by atoms with E-state index in [2.05, 4.69) is 5.32 Å². The molecule has 0 aliphatic carbocycles. The fraction of sp³-hybridized carbons (Fsp3) is 0.500. The number of carbonyl (C=O) groups excluding carboxylic acids is 2. The van der Waals surface area contributed by atoms with Gasteiger partial charge >= 0.3 is 6.03 Å². The van der Waals surface area contributed by atoms with Gasteiger partial charge in [-0.15, -0.1) is 0 Å². The Morgan fingerprint density at radius 1 is 1.39 bits per heavy atom. The summed E-state index contributed by atoms with van der Waals surface area (Å²) in [5.74, 6) is -0.206. The third-order valence-electron chi connectivity index (χ3n) is 3.59. The maximum atomic E-state index is 12.4. The van der Waals surface area contributed by atoms with Gasteiger partial charge in [0, 0.05) is 39.5 Å². The first-order valence-electron chi connectivity index (χ1n) is 7.57. The van der Waals surface area contributed by atoms with Crippen LogP contribution in [0.1, 0.15) is 23.7 Å². The zero-order chi connectivity index (χ0) is 17.0. The topological polar surface area (TPSA) is 61.9 Å². The third kappa shape index (κ3) is 4.59. The van der Waals surface area contributed by atoms with E-state index in [9.17, 15) is 9.59 Å². The second kappa shape index (κ2) is 7.66. The number of nitrogens with zero attached hydrogens (tertiary/aromatic N) is 2. The molecule has 1 aliphatic heterocycles. The minimum atomic E-state index is -0.206. The number of ether oxygens (including phenoxy) is 1. The van der Waals surface area contributed by atoms with Crippen LogP contribution < -0.4 is 5.32 Å². The molecule has 1 aromatic rings. The third-order valence-corrected chi connectivity index (χ3v) is 3.92. The normalized spacial score (nSPS) is 18.3. The molecule has 23 heavy (non-hydrogen) atoms. The highest BCUT2D eigenvalue weighted by Crippen LogP contribution is 2.22. The minimum Gasteiger partial charge on any atom is -0.377 e. The molecule has 7 heteroatoms. The number of nitrogens with one attached hydrogen (secondary N) is 1. The van der Waals surface area contributed by atoms with Crippen molar-refractivity contribution in [3.05, 3.63) is 28.8 Å². The van der Waals surface area contributed by atoms with Crippen LogP contribution in [-0.2, 0) is 4.74 Å². The second-order valence-corrected chi connectivity index (χ2v) is 6.21. The van der Waals surface area contributed by atoms with E-state index in [1.807, 2.05) is 6.92 Å². The van der Waals surface area contributed by atoms with Gasteiger partial charge < -0.3 is 19.9 Å². The Labute approximate surface area is 141 Å². The van der Waals surface area contributed by atoms with Gasteiger partial charge in [-0.25, -0.2) is 4.79 Å². The molecule has 6 nitrogen and oxygen atoms in total. The molecule has 1 heterocycles. The highest BCUT2D eigenvalue weighted by molar-refractivity contribution is 6.34. The van der Waals surface area contributed by atoms with Crippen LogP contribution in [0.4, 0.5) is 10.5 Å². The van der Waals surface area contributed by atoms with E-state index in [0.29, 0.717) is 36.0 Å². The SMILES string of the molecule is CC1CN(C(=O)Nc2ccc(Cl)c(C(=O)N(C)C)c2)CCCO1. The molecule has 1 N–H and O–H groups in total. The lowest BCUT2D eigenvalue weighted by molar-refractivity contribution is 0.0718. The molecule has 0 spiro atoms. The van der Waals surface area contributed by atoms with Gasteiger partial charge in [-0.1, -0.05) is 11.6 Å². The summed E-state index contributed by atoms with van der Waals surface area (Å²) in [6, 6.07) is 4.69. The van der Waals surface area contributed by atoms with Crippen molar-refractivity contribution in [2.24, 2.45) is 0 Å². The van der Waals surface area contributed by atoms with Gasteiger partial charge in [0.1, 0.15) is 0 Å². The average molecular weight is 340 g/mol. The van der Waals surface area contributed by atoms with Gasteiger partial charge in [0.2, 0.25) is 0 Å². The number of amides is 3. The van der Waals surface area contributed by atoms with Crippen molar-refractivity contribution in [2.75, 3.05) is 39.1 Å². The van der Waals surface area contributed by atoms with E-state index in [1.165, 1.54) is 4.90 Å².